The monoisotopic (exact) mass is 234 g/mol. The normalized spacial score (nSPS) is 8.88. The lowest BCUT2D eigenvalue weighted by molar-refractivity contribution is -0.137. The van der Waals surface area contributed by atoms with Gasteiger partial charge in [-0.05, 0) is 19.4 Å². The number of hydroxylamine groups is 1. The summed E-state index contributed by atoms with van der Waals surface area (Å²) in [4.78, 5) is 18.9. The first-order valence-corrected chi connectivity index (χ1v) is 5.44. The molecule has 0 atom stereocenters. The third-order valence-corrected chi connectivity index (χ3v) is 1.90. The Labute approximate surface area is 95.8 Å². The molecule has 0 unspecified atom stereocenters. The van der Waals surface area contributed by atoms with Crippen LogP contribution in [0.4, 0.5) is 0 Å². The van der Waals surface area contributed by atoms with Crippen LogP contribution in [0.3, 0.4) is 0 Å². The lowest BCUT2D eigenvalue weighted by Crippen LogP contribution is -1.99. The molecule has 0 bridgehead atoms. The fourth-order valence-electron chi connectivity index (χ4n) is 1.13. The van der Waals surface area contributed by atoms with E-state index in [1.54, 1.807) is 0 Å². The SMILES string of the molecule is NCCCCCCCCC(=O)O.O=CNO. The number of aliphatic carboxylic acids is 1. The van der Waals surface area contributed by atoms with Crippen molar-refractivity contribution in [1.82, 2.24) is 5.48 Å². The predicted octanol–water partition coefficient (Wildman–Crippen LogP) is 0.882. The van der Waals surface area contributed by atoms with Gasteiger partial charge in [-0.1, -0.05) is 25.7 Å². The Bertz CT molecular complexity index is 165. The van der Waals surface area contributed by atoms with Crippen LogP contribution in [0.5, 0.6) is 0 Å². The van der Waals surface area contributed by atoms with Crippen LogP contribution in [0.15, 0.2) is 0 Å². The molecule has 0 aliphatic heterocycles. The standard InChI is InChI=1S/C9H19NO2.CH3NO2/c10-8-6-4-2-1-3-5-7-9(11)12;3-1-2-4/h1-8,10H2,(H,11,12);1,4H,(H,2,3). The average Bonchev–Trinajstić information content (AvgIpc) is 2.28. The molecule has 0 rings (SSSR count). The minimum absolute atomic E-state index is 0.181. The number of hydrogen-bond acceptors (Lipinski definition) is 4. The predicted molar refractivity (Wildman–Crippen MR) is 60.0 cm³/mol. The second kappa shape index (κ2) is 16.3. The second-order valence-corrected chi connectivity index (χ2v) is 3.30. The molecule has 0 aromatic heterocycles. The van der Waals surface area contributed by atoms with Crippen molar-refractivity contribution < 1.29 is 19.9 Å². The highest BCUT2D eigenvalue weighted by Crippen LogP contribution is 2.06. The Kier molecular flexibility index (Phi) is 17.6. The average molecular weight is 234 g/mol. The molecule has 0 heterocycles. The van der Waals surface area contributed by atoms with Crippen LogP contribution in [-0.2, 0) is 9.59 Å². The van der Waals surface area contributed by atoms with Gasteiger partial charge >= 0.3 is 5.97 Å². The molecule has 6 nitrogen and oxygen atoms in total. The van der Waals surface area contributed by atoms with E-state index in [-0.39, 0.29) is 6.41 Å². The van der Waals surface area contributed by atoms with Gasteiger partial charge in [-0.3, -0.25) is 14.8 Å². The Hall–Kier alpha value is -1.14. The third kappa shape index (κ3) is 23.0. The van der Waals surface area contributed by atoms with E-state index in [4.69, 9.17) is 20.8 Å². The molecule has 0 saturated carbocycles. The van der Waals surface area contributed by atoms with E-state index >= 15 is 0 Å². The van der Waals surface area contributed by atoms with Gasteiger partial charge in [0.25, 0.3) is 0 Å². The first-order chi connectivity index (χ1) is 7.68. The number of hydrogen-bond donors (Lipinski definition) is 4. The Morgan fingerprint density at radius 1 is 1.12 bits per heavy atom. The minimum atomic E-state index is -0.683. The van der Waals surface area contributed by atoms with E-state index in [0.29, 0.717) is 6.42 Å². The zero-order valence-electron chi connectivity index (χ0n) is 9.52. The second-order valence-electron chi connectivity index (χ2n) is 3.30. The number of nitrogens with one attached hydrogen (secondary N) is 1. The van der Waals surface area contributed by atoms with Crippen molar-refractivity contribution in [3.8, 4) is 0 Å². The molecule has 0 aliphatic carbocycles. The van der Waals surface area contributed by atoms with Crippen LogP contribution in [-0.4, -0.2) is 29.2 Å². The van der Waals surface area contributed by atoms with Crippen LogP contribution >= 0.6 is 0 Å². The van der Waals surface area contributed by atoms with Crippen molar-refractivity contribution in [2.24, 2.45) is 5.73 Å². The molecule has 0 aliphatic rings. The zero-order chi connectivity index (χ0) is 12.6. The number of unbranched alkanes of at least 4 members (excludes halogenated alkanes) is 5. The molecule has 0 saturated heterocycles. The van der Waals surface area contributed by atoms with Gasteiger partial charge in [0.2, 0.25) is 6.41 Å². The molecular weight excluding hydrogens is 212 g/mol. The maximum absolute atomic E-state index is 10.1. The summed E-state index contributed by atoms with van der Waals surface area (Å²) in [5.74, 6) is -0.683. The summed E-state index contributed by atoms with van der Waals surface area (Å²) in [5.41, 5.74) is 6.58. The largest absolute Gasteiger partial charge is 0.481 e. The van der Waals surface area contributed by atoms with Crippen molar-refractivity contribution in [3.63, 3.8) is 0 Å². The summed E-state index contributed by atoms with van der Waals surface area (Å²) in [5, 5.41) is 15.6. The van der Waals surface area contributed by atoms with Gasteiger partial charge in [-0.15, -0.1) is 0 Å². The number of carbonyl (C=O) groups excluding carboxylic acids is 1. The van der Waals surface area contributed by atoms with E-state index < -0.39 is 5.97 Å². The summed E-state index contributed by atoms with van der Waals surface area (Å²) in [6.45, 7) is 0.773. The van der Waals surface area contributed by atoms with Crippen molar-refractivity contribution in [2.45, 2.75) is 44.9 Å². The first kappa shape index (κ1) is 17.3. The zero-order valence-corrected chi connectivity index (χ0v) is 9.52. The van der Waals surface area contributed by atoms with Crippen LogP contribution in [0.2, 0.25) is 0 Å². The smallest absolute Gasteiger partial charge is 0.303 e. The quantitative estimate of drug-likeness (QED) is 0.205. The van der Waals surface area contributed by atoms with E-state index in [9.17, 15) is 4.79 Å². The van der Waals surface area contributed by atoms with Gasteiger partial charge in [0.1, 0.15) is 0 Å². The van der Waals surface area contributed by atoms with E-state index in [1.807, 2.05) is 0 Å². The number of nitrogens with two attached hydrogens (primary N) is 1. The number of carboxylic acids is 1. The number of amides is 1. The summed E-state index contributed by atoms with van der Waals surface area (Å²) >= 11 is 0. The maximum Gasteiger partial charge on any atom is 0.303 e. The lowest BCUT2D eigenvalue weighted by Gasteiger charge is -1.98. The van der Waals surface area contributed by atoms with Crippen LogP contribution in [0.1, 0.15) is 44.9 Å². The van der Waals surface area contributed by atoms with Crippen LogP contribution in [0, 0.1) is 0 Å². The van der Waals surface area contributed by atoms with E-state index in [0.717, 1.165) is 32.2 Å². The Morgan fingerprint density at radius 2 is 1.56 bits per heavy atom. The van der Waals surface area contributed by atoms with Crippen molar-refractivity contribution in [2.75, 3.05) is 6.54 Å². The van der Waals surface area contributed by atoms with Gasteiger partial charge in [0, 0.05) is 6.42 Å². The topological polar surface area (TPSA) is 113 Å². The molecule has 0 radical (unpaired) electrons. The van der Waals surface area contributed by atoms with Crippen LogP contribution in [0.25, 0.3) is 0 Å². The Morgan fingerprint density at radius 3 is 1.94 bits per heavy atom. The van der Waals surface area contributed by atoms with Gasteiger partial charge in [-0.25, -0.2) is 5.48 Å². The molecule has 1 amide bonds. The Balaban J connectivity index is 0. The highest BCUT2D eigenvalue weighted by Gasteiger charge is 1.95. The first-order valence-electron chi connectivity index (χ1n) is 5.44. The summed E-state index contributed by atoms with van der Waals surface area (Å²) in [7, 11) is 0. The molecule has 5 N–H and O–H groups in total. The molecule has 0 aromatic rings. The van der Waals surface area contributed by atoms with Gasteiger partial charge in [0.05, 0.1) is 0 Å². The van der Waals surface area contributed by atoms with E-state index in [2.05, 4.69) is 0 Å². The molecule has 0 spiro atoms. The van der Waals surface area contributed by atoms with Gasteiger partial charge in [0.15, 0.2) is 0 Å². The molecule has 0 fully saturated rings. The number of rotatable bonds is 9. The fourth-order valence-corrected chi connectivity index (χ4v) is 1.13. The van der Waals surface area contributed by atoms with Gasteiger partial charge < -0.3 is 10.8 Å². The van der Waals surface area contributed by atoms with Gasteiger partial charge in [-0.2, -0.15) is 0 Å². The highest BCUT2D eigenvalue weighted by atomic mass is 16.5. The fraction of sp³-hybridized carbons (Fsp3) is 0.800. The number of carboxylic acid groups (broad SMARTS) is 1. The molecule has 96 valence electrons. The molecule has 16 heavy (non-hydrogen) atoms. The van der Waals surface area contributed by atoms with Crippen molar-refractivity contribution >= 4 is 12.4 Å². The van der Waals surface area contributed by atoms with Crippen molar-refractivity contribution in [1.29, 1.82) is 0 Å². The highest BCUT2D eigenvalue weighted by molar-refractivity contribution is 5.66. The van der Waals surface area contributed by atoms with E-state index in [1.165, 1.54) is 18.3 Å². The molecular formula is C10H22N2O4. The maximum atomic E-state index is 10.1. The lowest BCUT2D eigenvalue weighted by atomic mass is 10.1. The number of carbonyl (C=O) groups is 2. The summed E-state index contributed by atoms with van der Waals surface area (Å²) in [6, 6.07) is 0. The minimum Gasteiger partial charge on any atom is -0.481 e. The van der Waals surface area contributed by atoms with Crippen LogP contribution < -0.4 is 11.2 Å². The third-order valence-electron chi connectivity index (χ3n) is 1.90. The van der Waals surface area contributed by atoms with Crippen molar-refractivity contribution in [3.05, 3.63) is 0 Å². The molecule has 0 aromatic carbocycles. The summed E-state index contributed by atoms with van der Waals surface area (Å²) in [6.07, 6.45) is 6.97. The molecule has 6 heteroatoms. The summed E-state index contributed by atoms with van der Waals surface area (Å²) < 4.78 is 0.